The van der Waals surface area contributed by atoms with Crippen molar-refractivity contribution >= 4 is 15.9 Å². The van der Waals surface area contributed by atoms with Gasteiger partial charge >= 0.3 is 0 Å². The topological polar surface area (TPSA) is 84.9 Å². The van der Waals surface area contributed by atoms with Gasteiger partial charge in [0.2, 0.25) is 10.0 Å². The van der Waals surface area contributed by atoms with Gasteiger partial charge in [0.05, 0.1) is 17.6 Å². The third-order valence-electron chi connectivity index (χ3n) is 5.26. The second-order valence-corrected chi connectivity index (χ2v) is 9.72. The standard InChI is InChI=1S/C23H30N2O5S/c1-4-29-22-12-9-18(23(26)24-15-20-6-5-13-30-20)14-19(22)16-25(3)31(27,28)21-10-7-17(2)8-11-21/h7-12,14,20H,4-6,13,15-16H2,1-3H3,(H,24,26)/t20-/m1/s1. The Morgan fingerprint density at radius 2 is 1.97 bits per heavy atom. The molecule has 0 aromatic heterocycles. The normalized spacial score (nSPS) is 16.5. The molecule has 3 rings (SSSR count). The molecule has 1 amide bonds. The van der Waals surface area contributed by atoms with Gasteiger partial charge in [-0.2, -0.15) is 4.31 Å². The molecule has 7 nitrogen and oxygen atoms in total. The van der Waals surface area contributed by atoms with Gasteiger partial charge < -0.3 is 14.8 Å². The number of ether oxygens (including phenoxy) is 2. The van der Waals surface area contributed by atoms with Crippen LogP contribution in [0.25, 0.3) is 0 Å². The SMILES string of the molecule is CCOc1ccc(C(=O)NC[C@H]2CCCO2)cc1CN(C)S(=O)(=O)c1ccc(C)cc1. The summed E-state index contributed by atoms with van der Waals surface area (Å²) in [7, 11) is -2.16. The Morgan fingerprint density at radius 3 is 2.61 bits per heavy atom. The number of hydrogen-bond acceptors (Lipinski definition) is 5. The van der Waals surface area contributed by atoms with Gasteiger partial charge in [-0.25, -0.2) is 8.42 Å². The first-order chi connectivity index (χ1) is 14.8. The number of hydrogen-bond donors (Lipinski definition) is 1. The van der Waals surface area contributed by atoms with E-state index in [9.17, 15) is 13.2 Å². The van der Waals surface area contributed by atoms with Crippen molar-refractivity contribution in [2.24, 2.45) is 0 Å². The van der Waals surface area contributed by atoms with Crippen LogP contribution in [0, 0.1) is 6.92 Å². The van der Waals surface area contributed by atoms with Gasteiger partial charge in [0.25, 0.3) is 5.91 Å². The fraction of sp³-hybridized carbons (Fsp3) is 0.435. The van der Waals surface area contributed by atoms with Gasteiger partial charge in [-0.05, 0) is 57.0 Å². The van der Waals surface area contributed by atoms with Crippen molar-refractivity contribution in [3.63, 3.8) is 0 Å². The van der Waals surface area contributed by atoms with Gasteiger partial charge in [-0.3, -0.25) is 4.79 Å². The van der Waals surface area contributed by atoms with Crippen LogP contribution in [-0.4, -0.2) is 51.5 Å². The van der Waals surface area contributed by atoms with E-state index >= 15 is 0 Å². The summed E-state index contributed by atoms with van der Waals surface area (Å²) in [6.07, 6.45) is 2.00. The van der Waals surface area contributed by atoms with Gasteiger partial charge in [-0.1, -0.05) is 17.7 Å². The Bertz CT molecular complexity index is 999. The Morgan fingerprint density at radius 1 is 1.23 bits per heavy atom. The van der Waals surface area contributed by atoms with E-state index in [2.05, 4.69) is 5.32 Å². The molecule has 2 aromatic rings. The van der Waals surface area contributed by atoms with Gasteiger partial charge in [0.15, 0.2) is 0 Å². The van der Waals surface area contributed by atoms with Crippen LogP contribution >= 0.6 is 0 Å². The Balaban J connectivity index is 1.78. The summed E-state index contributed by atoms with van der Waals surface area (Å²) in [5.41, 5.74) is 2.07. The van der Waals surface area contributed by atoms with E-state index in [0.29, 0.717) is 30.0 Å². The molecule has 1 fully saturated rings. The molecule has 8 heteroatoms. The van der Waals surface area contributed by atoms with Crippen molar-refractivity contribution in [1.29, 1.82) is 0 Å². The van der Waals surface area contributed by atoms with Gasteiger partial charge in [-0.15, -0.1) is 0 Å². The Kier molecular flexibility index (Phi) is 7.69. The number of sulfonamides is 1. The summed E-state index contributed by atoms with van der Waals surface area (Å²) in [5.74, 6) is 0.341. The predicted octanol–water partition coefficient (Wildman–Crippen LogP) is 3.12. The molecular weight excluding hydrogens is 416 g/mol. The van der Waals surface area contributed by atoms with E-state index in [1.54, 1.807) is 42.5 Å². The third kappa shape index (κ3) is 5.84. The summed E-state index contributed by atoms with van der Waals surface area (Å²) < 4.78 is 38.4. The zero-order chi connectivity index (χ0) is 22.4. The molecule has 0 spiro atoms. The molecular formula is C23H30N2O5S. The largest absolute Gasteiger partial charge is 0.494 e. The molecule has 1 saturated heterocycles. The molecule has 0 unspecified atom stereocenters. The Hall–Kier alpha value is -2.42. The minimum atomic E-state index is -3.68. The van der Waals surface area contributed by atoms with Crippen LogP contribution in [-0.2, 0) is 21.3 Å². The Labute approximate surface area is 184 Å². The van der Waals surface area contributed by atoms with E-state index < -0.39 is 10.0 Å². The minimum Gasteiger partial charge on any atom is -0.494 e. The van der Waals surface area contributed by atoms with Crippen LogP contribution in [0.3, 0.4) is 0 Å². The molecule has 1 aliphatic rings. The molecule has 0 saturated carbocycles. The number of aryl methyl sites for hydroxylation is 1. The zero-order valence-electron chi connectivity index (χ0n) is 18.3. The number of carbonyl (C=O) groups excluding carboxylic acids is 1. The summed E-state index contributed by atoms with van der Waals surface area (Å²) >= 11 is 0. The zero-order valence-corrected chi connectivity index (χ0v) is 19.1. The summed E-state index contributed by atoms with van der Waals surface area (Å²) in [4.78, 5) is 12.8. The lowest BCUT2D eigenvalue weighted by Gasteiger charge is -2.20. The van der Waals surface area contributed by atoms with Crippen molar-refractivity contribution < 1.29 is 22.7 Å². The van der Waals surface area contributed by atoms with Crippen LogP contribution in [0.4, 0.5) is 0 Å². The smallest absolute Gasteiger partial charge is 0.251 e. The lowest BCUT2D eigenvalue weighted by molar-refractivity contribution is 0.0857. The van der Waals surface area contributed by atoms with Gasteiger partial charge in [0, 0.05) is 37.9 Å². The average molecular weight is 447 g/mol. The lowest BCUT2D eigenvalue weighted by Crippen LogP contribution is -2.32. The van der Waals surface area contributed by atoms with E-state index in [0.717, 1.165) is 25.0 Å². The summed E-state index contributed by atoms with van der Waals surface area (Å²) in [6, 6.07) is 11.8. The van der Waals surface area contributed by atoms with Crippen LogP contribution in [0.2, 0.25) is 0 Å². The molecule has 31 heavy (non-hydrogen) atoms. The van der Waals surface area contributed by atoms with Crippen molar-refractivity contribution in [3.8, 4) is 5.75 Å². The summed E-state index contributed by atoms with van der Waals surface area (Å²) in [6.45, 7) is 5.48. The molecule has 0 bridgehead atoms. The highest BCUT2D eigenvalue weighted by Crippen LogP contribution is 2.25. The maximum Gasteiger partial charge on any atom is 0.251 e. The van der Waals surface area contributed by atoms with Gasteiger partial charge in [0.1, 0.15) is 5.75 Å². The maximum absolute atomic E-state index is 13.0. The van der Waals surface area contributed by atoms with Crippen molar-refractivity contribution in [2.45, 2.75) is 44.2 Å². The monoisotopic (exact) mass is 446 g/mol. The highest BCUT2D eigenvalue weighted by molar-refractivity contribution is 7.89. The predicted molar refractivity (Wildman–Crippen MR) is 119 cm³/mol. The quantitative estimate of drug-likeness (QED) is 0.640. The molecule has 2 aromatic carbocycles. The van der Waals surface area contributed by atoms with E-state index in [-0.39, 0.29) is 23.5 Å². The molecule has 1 N–H and O–H groups in total. The molecule has 1 heterocycles. The third-order valence-corrected chi connectivity index (χ3v) is 7.08. The van der Waals surface area contributed by atoms with Crippen LogP contribution in [0.1, 0.15) is 41.3 Å². The van der Waals surface area contributed by atoms with E-state index in [1.807, 2.05) is 13.8 Å². The second kappa shape index (κ2) is 10.3. The van der Waals surface area contributed by atoms with E-state index in [4.69, 9.17) is 9.47 Å². The molecule has 1 aliphatic heterocycles. The first kappa shape index (κ1) is 23.2. The first-order valence-electron chi connectivity index (χ1n) is 10.5. The number of nitrogens with one attached hydrogen (secondary N) is 1. The van der Waals surface area contributed by atoms with Crippen molar-refractivity contribution in [3.05, 3.63) is 59.2 Å². The highest BCUT2D eigenvalue weighted by Gasteiger charge is 2.23. The number of amides is 1. The van der Waals surface area contributed by atoms with Crippen LogP contribution < -0.4 is 10.1 Å². The molecule has 168 valence electrons. The van der Waals surface area contributed by atoms with E-state index in [1.165, 1.54) is 11.4 Å². The fourth-order valence-corrected chi connectivity index (χ4v) is 4.62. The number of rotatable bonds is 9. The second-order valence-electron chi connectivity index (χ2n) is 7.67. The fourth-order valence-electron chi connectivity index (χ4n) is 3.47. The van der Waals surface area contributed by atoms with Crippen molar-refractivity contribution in [2.75, 3.05) is 26.8 Å². The number of carbonyl (C=O) groups is 1. The van der Waals surface area contributed by atoms with Crippen molar-refractivity contribution in [1.82, 2.24) is 9.62 Å². The molecule has 0 radical (unpaired) electrons. The minimum absolute atomic E-state index is 0.0527. The number of nitrogens with zero attached hydrogens (tertiary/aromatic N) is 1. The van der Waals surface area contributed by atoms with Crippen LogP contribution in [0.5, 0.6) is 5.75 Å². The number of benzene rings is 2. The lowest BCUT2D eigenvalue weighted by atomic mass is 10.1. The first-order valence-corrected chi connectivity index (χ1v) is 11.9. The average Bonchev–Trinajstić information content (AvgIpc) is 3.27. The molecule has 0 aliphatic carbocycles. The highest BCUT2D eigenvalue weighted by atomic mass is 32.2. The van der Waals surface area contributed by atoms with Crippen LogP contribution in [0.15, 0.2) is 47.4 Å². The maximum atomic E-state index is 13.0. The molecule has 1 atom stereocenters. The summed E-state index contributed by atoms with van der Waals surface area (Å²) in [5, 5.41) is 2.90.